The molecule has 0 bridgehead atoms. The van der Waals surface area contributed by atoms with Crippen molar-refractivity contribution in [3.63, 3.8) is 0 Å². The number of esters is 2. The quantitative estimate of drug-likeness (QED) is 0.732. The summed E-state index contributed by atoms with van der Waals surface area (Å²) in [6.07, 6.45) is 0.157. The molecule has 0 unspecified atom stereocenters. The van der Waals surface area contributed by atoms with Gasteiger partial charge in [-0.05, 0) is 37.8 Å². The van der Waals surface area contributed by atoms with Gasteiger partial charge in [-0.2, -0.15) is 0 Å². The monoisotopic (exact) mass is 322 g/mol. The zero-order valence-corrected chi connectivity index (χ0v) is 13.8. The Balaban J connectivity index is 2.08. The molecule has 2 fully saturated rings. The summed E-state index contributed by atoms with van der Waals surface area (Å²) < 4.78 is 10.9. The first-order valence-corrected chi connectivity index (χ1v) is 7.94. The molecule has 0 amide bonds. The van der Waals surface area contributed by atoms with Crippen molar-refractivity contribution in [2.75, 3.05) is 0 Å². The van der Waals surface area contributed by atoms with Crippen LogP contribution in [0.5, 0.6) is 0 Å². The molecule has 0 aromatic carbocycles. The van der Waals surface area contributed by atoms with E-state index < -0.39 is 35.2 Å². The molecule has 1 N–H and O–H groups in total. The predicted octanol–water partition coefficient (Wildman–Crippen LogP) is 1.30. The lowest BCUT2D eigenvalue weighted by atomic mass is 9.57. The number of hydrogen-bond donors (Lipinski definition) is 1. The van der Waals surface area contributed by atoms with Crippen LogP contribution in [0.25, 0.3) is 0 Å². The molecule has 1 saturated heterocycles. The van der Waals surface area contributed by atoms with Crippen LogP contribution in [-0.2, 0) is 23.9 Å². The van der Waals surface area contributed by atoms with Gasteiger partial charge >= 0.3 is 11.9 Å². The van der Waals surface area contributed by atoms with Gasteiger partial charge in [-0.15, -0.1) is 0 Å². The van der Waals surface area contributed by atoms with Crippen molar-refractivity contribution in [2.45, 2.75) is 64.8 Å². The van der Waals surface area contributed by atoms with Crippen molar-refractivity contribution < 1.29 is 29.0 Å². The number of rotatable bonds is 1. The summed E-state index contributed by atoms with van der Waals surface area (Å²) in [7, 11) is 0. The zero-order valence-electron chi connectivity index (χ0n) is 13.8. The number of carbonyl (C=O) groups excluding carboxylic acids is 3. The molecule has 0 spiro atoms. The largest absolute Gasteiger partial charge is 0.461 e. The van der Waals surface area contributed by atoms with E-state index in [0.29, 0.717) is 24.0 Å². The Morgan fingerprint density at radius 3 is 2.61 bits per heavy atom. The number of aliphatic hydroxyl groups is 1. The highest BCUT2D eigenvalue weighted by molar-refractivity contribution is 5.98. The normalized spacial score (nSPS) is 42.9. The molecule has 3 rings (SSSR count). The third kappa shape index (κ3) is 2.15. The molecule has 1 aliphatic heterocycles. The van der Waals surface area contributed by atoms with Crippen LogP contribution in [0, 0.1) is 11.3 Å². The Hall–Kier alpha value is -1.69. The summed E-state index contributed by atoms with van der Waals surface area (Å²) >= 11 is 0. The Morgan fingerprint density at radius 2 is 2.00 bits per heavy atom. The van der Waals surface area contributed by atoms with Crippen LogP contribution >= 0.6 is 0 Å². The van der Waals surface area contributed by atoms with E-state index in [1.807, 2.05) is 6.92 Å². The summed E-state index contributed by atoms with van der Waals surface area (Å²) in [6.45, 7) is 6.46. The Morgan fingerprint density at radius 1 is 1.35 bits per heavy atom. The van der Waals surface area contributed by atoms with Crippen LogP contribution in [0.15, 0.2) is 11.1 Å². The number of ether oxygens (including phenoxy) is 2. The fourth-order valence-corrected chi connectivity index (χ4v) is 4.42. The first-order chi connectivity index (χ1) is 10.6. The van der Waals surface area contributed by atoms with Gasteiger partial charge in [0.2, 0.25) is 0 Å². The molecule has 0 radical (unpaired) electrons. The summed E-state index contributed by atoms with van der Waals surface area (Å²) in [5, 5.41) is 10.4. The third-order valence-electron chi connectivity index (χ3n) is 5.82. The number of fused-ring (bicyclic) bond motifs is 3. The molecular formula is C17H22O6. The van der Waals surface area contributed by atoms with Crippen LogP contribution in [0.1, 0.15) is 47.0 Å². The number of ketones is 1. The SMILES string of the molecule is CC(=O)O[C@@H]1CC(=O)C(C)=C2[C@@H]3OC(=O)[C@@](C)(O)[C@@H]3CC[C@@]21C. The molecule has 2 aliphatic carbocycles. The molecule has 1 saturated carbocycles. The van der Waals surface area contributed by atoms with E-state index >= 15 is 0 Å². The topological polar surface area (TPSA) is 89.9 Å². The molecule has 0 aromatic rings. The first kappa shape index (κ1) is 16.2. The third-order valence-corrected chi connectivity index (χ3v) is 5.82. The van der Waals surface area contributed by atoms with Crippen molar-refractivity contribution in [3.05, 3.63) is 11.1 Å². The highest BCUT2D eigenvalue weighted by Gasteiger charge is 2.62. The predicted molar refractivity (Wildman–Crippen MR) is 79.2 cm³/mol. The summed E-state index contributed by atoms with van der Waals surface area (Å²) in [5.41, 5.74) is -0.819. The Kier molecular flexibility index (Phi) is 3.45. The molecule has 3 aliphatic rings. The number of carbonyl (C=O) groups is 3. The second kappa shape index (κ2) is 4.90. The minimum atomic E-state index is -1.54. The molecule has 126 valence electrons. The van der Waals surface area contributed by atoms with E-state index in [9.17, 15) is 19.5 Å². The van der Waals surface area contributed by atoms with Gasteiger partial charge in [0.25, 0.3) is 0 Å². The molecule has 1 heterocycles. The van der Waals surface area contributed by atoms with E-state index in [2.05, 4.69) is 0 Å². The maximum absolute atomic E-state index is 12.4. The highest BCUT2D eigenvalue weighted by atomic mass is 16.6. The molecule has 6 heteroatoms. The van der Waals surface area contributed by atoms with E-state index in [1.165, 1.54) is 13.8 Å². The van der Waals surface area contributed by atoms with Gasteiger partial charge in [-0.25, -0.2) is 4.79 Å². The minimum Gasteiger partial charge on any atom is -0.461 e. The summed E-state index contributed by atoms with van der Waals surface area (Å²) in [4.78, 5) is 35.8. The van der Waals surface area contributed by atoms with Crippen molar-refractivity contribution >= 4 is 17.7 Å². The van der Waals surface area contributed by atoms with Crippen LogP contribution in [-0.4, -0.2) is 40.6 Å². The molecule has 0 aromatic heterocycles. The summed E-state index contributed by atoms with van der Waals surface area (Å²) in [6, 6.07) is 0. The van der Waals surface area contributed by atoms with Crippen LogP contribution in [0.3, 0.4) is 0 Å². The highest BCUT2D eigenvalue weighted by Crippen LogP contribution is 2.56. The molecule has 6 nitrogen and oxygen atoms in total. The summed E-state index contributed by atoms with van der Waals surface area (Å²) in [5.74, 6) is -1.57. The molecule has 5 atom stereocenters. The standard InChI is InChI=1S/C17H22O6/c1-8-11(19)7-12(22-9(2)18)16(3)6-5-10-14(13(8)16)23-15(20)17(10,4)21/h10,12,14,21H,5-7H2,1-4H3/t10-,12-,14-,16-,17+/m1/s1. The zero-order chi connectivity index (χ0) is 17.2. The smallest absolute Gasteiger partial charge is 0.338 e. The lowest BCUT2D eigenvalue weighted by Crippen LogP contribution is -2.52. The average molecular weight is 322 g/mol. The second-order valence-electron chi connectivity index (χ2n) is 7.30. The van der Waals surface area contributed by atoms with Gasteiger partial charge in [0.15, 0.2) is 11.4 Å². The van der Waals surface area contributed by atoms with Gasteiger partial charge in [0.1, 0.15) is 12.2 Å². The maximum atomic E-state index is 12.4. The Labute approximate surface area is 134 Å². The second-order valence-corrected chi connectivity index (χ2v) is 7.30. The van der Waals surface area contributed by atoms with Crippen molar-refractivity contribution in [2.24, 2.45) is 11.3 Å². The van der Waals surface area contributed by atoms with Crippen molar-refractivity contribution in [3.8, 4) is 0 Å². The first-order valence-electron chi connectivity index (χ1n) is 7.94. The Bertz CT molecular complexity index is 631. The van der Waals surface area contributed by atoms with Crippen LogP contribution in [0.2, 0.25) is 0 Å². The van der Waals surface area contributed by atoms with Gasteiger partial charge in [0.05, 0.1) is 0 Å². The molecule has 23 heavy (non-hydrogen) atoms. The number of allylic oxidation sites excluding steroid dienone is 1. The van der Waals surface area contributed by atoms with Crippen LogP contribution in [0.4, 0.5) is 0 Å². The van der Waals surface area contributed by atoms with Gasteiger partial charge in [-0.3, -0.25) is 9.59 Å². The van der Waals surface area contributed by atoms with Gasteiger partial charge in [-0.1, -0.05) is 6.92 Å². The fourth-order valence-electron chi connectivity index (χ4n) is 4.42. The lowest BCUT2D eigenvalue weighted by Gasteiger charge is -2.49. The van der Waals surface area contributed by atoms with Gasteiger partial charge in [0, 0.05) is 24.7 Å². The number of Topliss-reactive ketones (excluding diaryl/α,β-unsaturated/α-hetero) is 1. The average Bonchev–Trinajstić information content (AvgIpc) is 2.65. The van der Waals surface area contributed by atoms with Crippen LogP contribution < -0.4 is 0 Å². The van der Waals surface area contributed by atoms with E-state index in [1.54, 1.807) is 6.92 Å². The van der Waals surface area contributed by atoms with Gasteiger partial charge < -0.3 is 14.6 Å². The van der Waals surface area contributed by atoms with Crippen molar-refractivity contribution in [1.29, 1.82) is 0 Å². The fraction of sp³-hybridized carbons (Fsp3) is 0.706. The molecular weight excluding hydrogens is 300 g/mol. The van der Waals surface area contributed by atoms with Crippen molar-refractivity contribution in [1.82, 2.24) is 0 Å². The lowest BCUT2D eigenvalue weighted by molar-refractivity contribution is -0.158. The van der Waals surface area contributed by atoms with E-state index in [-0.39, 0.29) is 18.1 Å². The van der Waals surface area contributed by atoms with E-state index in [4.69, 9.17) is 9.47 Å². The maximum Gasteiger partial charge on any atom is 0.338 e. The van der Waals surface area contributed by atoms with E-state index in [0.717, 1.165) is 0 Å². The minimum absolute atomic E-state index is 0.105. The number of hydrogen-bond acceptors (Lipinski definition) is 6.